The Kier molecular flexibility index (Phi) is 3.68. The van der Waals surface area contributed by atoms with Crippen molar-refractivity contribution in [3.05, 3.63) is 39.6 Å². The lowest BCUT2D eigenvalue weighted by Crippen LogP contribution is -1.89. The number of nitrogens with two attached hydrogens (primary N) is 1. The smallest absolute Gasteiger partial charge is 0.183 e. The Morgan fingerprint density at radius 3 is 2.94 bits per heavy atom. The third-order valence-electron chi connectivity index (χ3n) is 1.88. The van der Waals surface area contributed by atoms with Gasteiger partial charge in [-0.3, -0.25) is 0 Å². The molecule has 0 saturated carbocycles. The van der Waals surface area contributed by atoms with E-state index in [1.54, 1.807) is 18.3 Å². The van der Waals surface area contributed by atoms with Crippen LogP contribution >= 0.6 is 34.7 Å². The van der Waals surface area contributed by atoms with Gasteiger partial charge in [-0.15, -0.1) is 23.1 Å². The molecule has 0 unspecified atom stereocenters. The Hall–Kier alpha value is -0.780. The summed E-state index contributed by atoms with van der Waals surface area (Å²) in [6.45, 7) is 0. The van der Waals surface area contributed by atoms with Crippen molar-refractivity contribution >= 4 is 40.4 Å². The van der Waals surface area contributed by atoms with E-state index in [4.69, 9.17) is 17.3 Å². The molecule has 0 radical (unpaired) electrons. The van der Waals surface area contributed by atoms with Gasteiger partial charge >= 0.3 is 0 Å². The number of rotatable bonds is 3. The maximum atomic E-state index is 13.1. The Bertz CT molecular complexity index is 501. The first kappa shape index (κ1) is 11.7. The molecule has 2 nitrogen and oxygen atoms in total. The Morgan fingerprint density at radius 2 is 2.31 bits per heavy atom. The normalized spacial score (nSPS) is 10.6. The summed E-state index contributed by atoms with van der Waals surface area (Å²) in [6, 6.07) is 4.80. The second-order valence-electron chi connectivity index (χ2n) is 3.05. The zero-order chi connectivity index (χ0) is 11.5. The van der Waals surface area contributed by atoms with Gasteiger partial charge < -0.3 is 5.73 Å². The monoisotopic (exact) mass is 274 g/mol. The van der Waals surface area contributed by atoms with Gasteiger partial charge in [-0.1, -0.05) is 11.6 Å². The molecule has 0 spiro atoms. The van der Waals surface area contributed by atoms with E-state index in [2.05, 4.69) is 4.98 Å². The van der Waals surface area contributed by atoms with Crippen LogP contribution in [0.3, 0.4) is 0 Å². The van der Waals surface area contributed by atoms with E-state index in [1.165, 1.54) is 29.2 Å². The van der Waals surface area contributed by atoms with Crippen LogP contribution in [0.25, 0.3) is 0 Å². The number of nitrogens with zero attached hydrogens (tertiary/aromatic N) is 1. The number of benzene rings is 1. The van der Waals surface area contributed by atoms with E-state index in [-0.39, 0.29) is 11.5 Å². The minimum absolute atomic E-state index is 0.171. The van der Waals surface area contributed by atoms with E-state index in [1.807, 2.05) is 0 Å². The fraction of sp³-hybridized carbons (Fsp3) is 0.100. The molecule has 1 aromatic carbocycles. The molecule has 0 bridgehead atoms. The number of thiazole rings is 1. The van der Waals surface area contributed by atoms with Crippen molar-refractivity contribution in [3.8, 4) is 0 Å². The van der Waals surface area contributed by atoms with E-state index < -0.39 is 0 Å². The van der Waals surface area contributed by atoms with Crippen LogP contribution in [0.1, 0.15) is 4.88 Å². The number of aromatic nitrogens is 1. The van der Waals surface area contributed by atoms with Gasteiger partial charge in [-0.2, -0.15) is 0 Å². The van der Waals surface area contributed by atoms with E-state index in [0.717, 1.165) is 15.5 Å². The van der Waals surface area contributed by atoms with Gasteiger partial charge in [0.2, 0.25) is 0 Å². The van der Waals surface area contributed by atoms with Crippen LogP contribution in [-0.4, -0.2) is 4.98 Å². The summed E-state index contributed by atoms with van der Waals surface area (Å²) in [7, 11) is 0. The average molecular weight is 275 g/mol. The Morgan fingerprint density at radius 1 is 1.50 bits per heavy atom. The lowest BCUT2D eigenvalue weighted by molar-refractivity contribution is 0.629. The van der Waals surface area contributed by atoms with Crippen molar-refractivity contribution in [2.24, 2.45) is 0 Å². The van der Waals surface area contributed by atoms with Gasteiger partial charge in [0, 0.05) is 21.7 Å². The molecule has 0 aliphatic heterocycles. The Balaban J connectivity index is 2.02. The molecule has 0 atom stereocenters. The van der Waals surface area contributed by atoms with E-state index in [9.17, 15) is 4.39 Å². The SMILES string of the molecule is Nc1ccc(SCc2cnc(Cl)s2)cc1F. The molecule has 2 rings (SSSR count). The molecule has 1 heterocycles. The third-order valence-corrected chi connectivity index (χ3v) is 4.22. The summed E-state index contributed by atoms with van der Waals surface area (Å²) in [6.07, 6.45) is 1.73. The number of nitrogen functional groups attached to an aromatic ring is 1. The molecular weight excluding hydrogens is 267 g/mol. The standard InChI is InChI=1S/C10H8ClFN2S2/c11-10-14-4-7(16-10)5-15-6-1-2-9(13)8(12)3-6/h1-4H,5,13H2. The average Bonchev–Trinajstić information content (AvgIpc) is 2.66. The van der Waals surface area contributed by atoms with Crippen LogP contribution in [0.4, 0.5) is 10.1 Å². The zero-order valence-corrected chi connectivity index (χ0v) is 10.5. The van der Waals surface area contributed by atoms with Crippen LogP contribution in [0.5, 0.6) is 0 Å². The first-order valence-corrected chi connectivity index (χ1v) is 6.61. The number of thioether (sulfide) groups is 1. The van der Waals surface area contributed by atoms with Crippen molar-refractivity contribution in [3.63, 3.8) is 0 Å². The molecule has 0 saturated heterocycles. The maximum absolute atomic E-state index is 13.1. The third kappa shape index (κ3) is 2.87. The van der Waals surface area contributed by atoms with Gasteiger partial charge in [0.15, 0.2) is 4.47 Å². The molecule has 0 amide bonds. The molecule has 6 heteroatoms. The highest BCUT2D eigenvalue weighted by Gasteiger charge is 2.03. The summed E-state index contributed by atoms with van der Waals surface area (Å²) in [4.78, 5) is 5.84. The second-order valence-corrected chi connectivity index (χ2v) is 5.80. The Labute approximate surface area is 106 Å². The lowest BCUT2D eigenvalue weighted by Gasteiger charge is -2.01. The first-order chi connectivity index (χ1) is 7.65. The quantitative estimate of drug-likeness (QED) is 0.683. The van der Waals surface area contributed by atoms with Crippen LogP contribution < -0.4 is 5.73 Å². The predicted molar refractivity (Wildman–Crippen MR) is 67.5 cm³/mol. The highest BCUT2D eigenvalue weighted by molar-refractivity contribution is 7.98. The van der Waals surface area contributed by atoms with E-state index >= 15 is 0 Å². The zero-order valence-electron chi connectivity index (χ0n) is 8.11. The molecule has 2 aromatic rings. The van der Waals surface area contributed by atoms with Crippen molar-refractivity contribution < 1.29 is 4.39 Å². The largest absolute Gasteiger partial charge is 0.396 e. The van der Waals surface area contributed by atoms with Gasteiger partial charge in [-0.05, 0) is 18.2 Å². The summed E-state index contributed by atoms with van der Waals surface area (Å²) in [5.74, 6) is 0.348. The number of hydrogen-bond acceptors (Lipinski definition) is 4. The molecule has 0 fully saturated rings. The molecule has 16 heavy (non-hydrogen) atoms. The highest BCUT2D eigenvalue weighted by atomic mass is 35.5. The summed E-state index contributed by atoms with van der Waals surface area (Å²) in [5, 5.41) is 0. The van der Waals surface area contributed by atoms with Gasteiger partial charge in [0.25, 0.3) is 0 Å². The minimum Gasteiger partial charge on any atom is -0.396 e. The first-order valence-electron chi connectivity index (χ1n) is 4.43. The summed E-state index contributed by atoms with van der Waals surface area (Å²) >= 11 is 8.67. The molecule has 0 aliphatic carbocycles. The lowest BCUT2D eigenvalue weighted by atomic mass is 10.3. The number of anilines is 1. The van der Waals surface area contributed by atoms with Crippen LogP contribution in [0.15, 0.2) is 29.3 Å². The van der Waals surface area contributed by atoms with Crippen LogP contribution in [0.2, 0.25) is 4.47 Å². The molecule has 0 aliphatic rings. The van der Waals surface area contributed by atoms with E-state index in [0.29, 0.717) is 4.47 Å². The minimum atomic E-state index is -0.382. The fourth-order valence-electron chi connectivity index (χ4n) is 1.10. The van der Waals surface area contributed by atoms with Crippen molar-refractivity contribution in [1.82, 2.24) is 4.98 Å². The van der Waals surface area contributed by atoms with Crippen molar-refractivity contribution in [2.75, 3.05) is 5.73 Å². The maximum Gasteiger partial charge on any atom is 0.183 e. The van der Waals surface area contributed by atoms with Crippen molar-refractivity contribution in [2.45, 2.75) is 10.6 Å². The topological polar surface area (TPSA) is 38.9 Å². The van der Waals surface area contributed by atoms with Crippen LogP contribution in [-0.2, 0) is 5.75 Å². The number of halogens is 2. The van der Waals surface area contributed by atoms with Crippen LogP contribution in [0, 0.1) is 5.82 Å². The molecular formula is C10H8ClFN2S2. The van der Waals surface area contributed by atoms with Gasteiger partial charge in [-0.25, -0.2) is 9.37 Å². The summed E-state index contributed by atoms with van der Waals surface area (Å²) < 4.78 is 13.7. The van der Waals surface area contributed by atoms with Gasteiger partial charge in [0.1, 0.15) is 5.82 Å². The molecule has 1 aromatic heterocycles. The van der Waals surface area contributed by atoms with Gasteiger partial charge in [0.05, 0.1) is 5.69 Å². The fourth-order valence-corrected chi connectivity index (χ4v) is 3.02. The number of hydrogen-bond donors (Lipinski definition) is 1. The highest BCUT2D eigenvalue weighted by Crippen LogP contribution is 2.28. The second kappa shape index (κ2) is 5.03. The molecule has 84 valence electrons. The van der Waals surface area contributed by atoms with Crippen molar-refractivity contribution in [1.29, 1.82) is 0 Å². The summed E-state index contributed by atoms with van der Waals surface area (Å²) in [5.41, 5.74) is 5.56. The predicted octanol–water partition coefficient (Wildman–Crippen LogP) is 3.81. The molecule has 2 N–H and O–H groups in total.